The standard InChI is InChI=1S/C24H22F2N4O2S/c25-24(26)12-16(13-24)32-21-17(15-4-1-3-14(11-15)7-9-27)8-10-28-22(21)30-23-29-20-18(31)5-2-6-19(20)33-23/h1,3-4,8,10-11,16,18,31H,2,5-7,12-13H2,(H,28,29,30). The number of fused-ring (bicyclic) bond motifs is 1. The average molecular weight is 469 g/mol. The summed E-state index contributed by atoms with van der Waals surface area (Å²) in [6.07, 6.45) is 2.49. The lowest BCUT2D eigenvalue weighted by Gasteiger charge is -2.35. The molecule has 2 aromatic heterocycles. The molecule has 0 aliphatic heterocycles. The molecule has 0 saturated heterocycles. The fourth-order valence-electron chi connectivity index (χ4n) is 4.23. The number of hydrogen-bond acceptors (Lipinski definition) is 7. The van der Waals surface area contributed by atoms with Gasteiger partial charge in [0.1, 0.15) is 6.10 Å². The molecule has 0 radical (unpaired) electrons. The van der Waals surface area contributed by atoms with E-state index in [0.717, 1.165) is 28.8 Å². The molecule has 0 spiro atoms. The first-order chi connectivity index (χ1) is 15.9. The first kappa shape index (κ1) is 21.7. The Bertz CT molecular complexity index is 1220. The van der Waals surface area contributed by atoms with Crippen LogP contribution in [0.1, 0.15) is 47.9 Å². The van der Waals surface area contributed by atoms with Crippen molar-refractivity contribution in [3.8, 4) is 22.9 Å². The monoisotopic (exact) mass is 468 g/mol. The number of alkyl halides is 2. The van der Waals surface area contributed by atoms with Crippen molar-refractivity contribution in [2.45, 2.75) is 56.7 Å². The number of nitriles is 1. The van der Waals surface area contributed by atoms with E-state index in [1.54, 1.807) is 12.3 Å². The zero-order chi connectivity index (χ0) is 23.0. The van der Waals surface area contributed by atoms with Crippen LogP contribution in [0.15, 0.2) is 36.5 Å². The Balaban J connectivity index is 1.51. The van der Waals surface area contributed by atoms with E-state index in [-0.39, 0.29) is 19.3 Å². The first-order valence-corrected chi connectivity index (χ1v) is 11.7. The molecule has 1 unspecified atom stereocenters. The van der Waals surface area contributed by atoms with Gasteiger partial charge in [-0.3, -0.25) is 0 Å². The zero-order valence-electron chi connectivity index (χ0n) is 17.7. The van der Waals surface area contributed by atoms with E-state index in [0.29, 0.717) is 34.4 Å². The lowest BCUT2D eigenvalue weighted by Crippen LogP contribution is -2.43. The first-order valence-electron chi connectivity index (χ1n) is 10.9. The third-order valence-electron chi connectivity index (χ3n) is 5.91. The number of thiazole rings is 1. The number of aliphatic hydroxyl groups excluding tert-OH is 1. The van der Waals surface area contributed by atoms with E-state index in [1.807, 2.05) is 24.3 Å². The van der Waals surface area contributed by atoms with E-state index < -0.39 is 18.1 Å². The minimum Gasteiger partial charge on any atom is -0.485 e. The number of nitrogens with one attached hydrogen (secondary N) is 1. The quantitative estimate of drug-likeness (QED) is 0.492. The van der Waals surface area contributed by atoms with Gasteiger partial charge in [0.05, 0.1) is 24.3 Å². The van der Waals surface area contributed by atoms with Crippen molar-refractivity contribution in [1.82, 2.24) is 9.97 Å². The number of aliphatic hydroxyl groups is 1. The van der Waals surface area contributed by atoms with Gasteiger partial charge in [0, 0.05) is 29.5 Å². The molecule has 2 heterocycles. The van der Waals surface area contributed by atoms with Gasteiger partial charge in [0.2, 0.25) is 0 Å². The van der Waals surface area contributed by atoms with Crippen molar-refractivity contribution < 1.29 is 18.6 Å². The highest BCUT2D eigenvalue weighted by Crippen LogP contribution is 2.45. The van der Waals surface area contributed by atoms with Gasteiger partial charge in [0.25, 0.3) is 5.92 Å². The van der Waals surface area contributed by atoms with Crippen molar-refractivity contribution in [1.29, 1.82) is 5.26 Å². The summed E-state index contributed by atoms with van der Waals surface area (Å²) in [5.74, 6) is -1.95. The summed E-state index contributed by atoms with van der Waals surface area (Å²) in [5, 5.41) is 23.1. The second kappa shape index (κ2) is 8.69. The Hall–Kier alpha value is -3.09. The molecule has 0 bridgehead atoms. The van der Waals surface area contributed by atoms with Crippen molar-refractivity contribution in [3.05, 3.63) is 52.7 Å². The predicted octanol–water partition coefficient (Wildman–Crippen LogP) is 5.56. The van der Waals surface area contributed by atoms with Gasteiger partial charge in [-0.25, -0.2) is 18.7 Å². The maximum absolute atomic E-state index is 13.5. The number of pyridine rings is 1. The van der Waals surface area contributed by atoms with Gasteiger partial charge in [-0.2, -0.15) is 5.26 Å². The fraction of sp³-hybridized carbons (Fsp3) is 0.375. The SMILES string of the molecule is N#CCc1cccc(-c2ccnc(Nc3nc4c(s3)CCCC4O)c2OC2CC(F)(F)C2)c1. The lowest BCUT2D eigenvalue weighted by molar-refractivity contribution is -0.134. The van der Waals surface area contributed by atoms with Crippen LogP contribution in [0.2, 0.25) is 0 Å². The number of rotatable bonds is 6. The second-order valence-electron chi connectivity index (χ2n) is 8.44. The molecule has 1 atom stereocenters. The average Bonchev–Trinajstić information content (AvgIpc) is 3.18. The summed E-state index contributed by atoms with van der Waals surface area (Å²) < 4.78 is 33.0. The molecular weight excluding hydrogens is 446 g/mol. The molecule has 2 aliphatic rings. The summed E-state index contributed by atoms with van der Waals surface area (Å²) >= 11 is 1.46. The summed E-state index contributed by atoms with van der Waals surface area (Å²) in [6, 6.07) is 11.4. The van der Waals surface area contributed by atoms with E-state index in [1.165, 1.54) is 11.3 Å². The van der Waals surface area contributed by atoms with Gasteiger partial charge in [-0.05, 0) is 42.5 Å². The summed E-state index contributed by atoms with van der Waals surface area (Å²) in [7, 11) is 0. The van der Waals surface area contributed by atoms with Crippen LogP contribution in [0.4, 0.5) is 19.7 Å². The van der Waals surface area contributed by atoms with Gasteiger partial charge < -0.3 is 15.2 Å². The van der Waals surface area contributed by atoms with Crippen molar-refractivity contribution in [2.24, 2.45) is 0 Å². The smallest absolute Gasteiger partial charge is 0.255 e. The van der Waals surface area contributed by atoms with Crippen LogP contribution in [0, 0.1) is 11.3 Å². The van der Waals surface area contributed by atoms with Crippen molar-refractivity contribution in [3.63, 3.8) is 0 Å². The van der Waals surface area contributed by atoms with Crippen LogP contribution in [0.3, 0.4) is 0 Å². The van der Waals surface area contributed by atoms with E-state index in [4.69, 9.17) is 10.00 Å². The number of aromatic nitrogens is 2. The Kier molecular flexibility index (Phi) is 5.72. The minimum atomic E-state index is -2.71. The maximum Gasteiger partial charge on any atom is 0.255 e. The molecule has 0 amide bonds. The zero-order valence-corrected chi connectivity index (χ0v) is 18.5. The van der Waals surface area contributed by atoms with Crippen molar-refractivity contribution in [2.75, 3.05) is 5.32 Å². The molecule has 1 aromatic carbocycles. The number of ether oxygens (including phenoxy) is 1. The Morgan fingerprint density at radius 3 is 2.91 bits per heavy atom. The van der Waals surface area contributed by atoms with Gasteiger partial charge in [-0.15, -0.1) is 11.3 Å². The van der Waals surface area contributed by atoms with E-state index in [2.05, 4.69) is 21.4 Å². The molecule has 5 rings (SSSR count). The molecule has 2 aliphatic carbocycles. The van der Waals surface area contributed by atoms with Crippen LogP contribution in [-0.2, 0) is 12.8 Å². The van der Waals surface area contributed by atoms with E-state index in [9.17, 15) is 13.9 Å². The van der Waals surface area contributed by atoms with Crippen LogP contribution in [0.25, 0.3) is 11.1 Å². The molecule has 33 heavy (non-hydrogen) atoms. The van der Waals surface area contributed by atoms with E-state index >= 15 is 0 Å². The molecule has 9 heteroatoms. The number of nitrogens with zero attached hydrogens (tertiary/aromatic N) is 3. The highest BCUT2D eigenvalue weighted by molar-refractivity contribution is 7.15. The molecular formula is C24H22F2N4O2S. The van der Waals surface area contributed by atoms with Crippen molar-refractivity contribution >= 4 is 22.3 Å². The highest BCUT2D eigenvalue weighted by Gasteiger charge is 2.47. The Labute approximate surface area is 193 Å². The minimum absolute atomic E-state index is 0.266. The van der Waals surface area contributed by atoms with Crippen LogP contribution in [-0.4, -0.2) is 27.1 Å². The molecule has 3 aromatic rings. The van der Waals surface area contributed by atoms with Crippen LogP contribution >= 0.6 is 11.3 Å². The Morgan fingerprint density at radius 2 is 2.15 bits per heavy atom. The van der Waals surface area contributed by atoms with Crippen LogP contribution in [0.5, 0.6) is 5.75 Å². The number of aryl methyl sites for hydroxylation is 1. The number of hydrogen-bond donors (Lipinski definition) is 2. The van der Waals surface area contributed by atoms with Gasteiger partial charge in [-0.1, -0.05) is 18.2 Å². The second-order valence-corrected chi connectivity index (χ2v) is 9.52. The third kappa shape index (κ3) is 4.54. The molecule has 170 valence electrons. The van der Waals surface area contributed by atoms with Gasteiger partial charge in [0.15, 0.2) is 16.7 Å². The molecule has 1 fully saturated rings. The molecule has 6 nitrogen and oxygen atoms in total. The predicted molar refractivity (Wildman–Crippen MR) is 121 cm³/mol. The highest BCUT2D eigenvalue weighted by atomic mass is 32.1. The van der Waals surface area contributed by atoms with Gasteiger partial charge >= 0.3 is 0 Å². The molecule has 2 N–H and O–H groups in total. The Morgan fingerprint density at radius 1 is 1.30 bits per heavy atom. The molecule has 1 saturated carbocycles. The normalized spacial score (nSPS) is 19.3. The number of anilines is 2. The van der Waals surface area contributed by atoms with Crippen LogP contribution < -0.4 is 10.1 Å². The number of halogens is 2. The maximum atomic E-state index is 13.5. The summed E-state index contributed by atoms with van der Waals surface area (Å²) in [6.45, 7) is 0. The summed E-state index contributed by atoms with van der Waals surface area (Å²) in [4.78, 5) is 10.0. The lowest BCUT2D eigenvalue weighted by atomic mass is 9.90. The number of benzene rings is 1. The third-order valence-corrected chi connectivity index (χ3v) is 6.96. The summed E-state index contributed by atoms with van der Waals surface area (Å²) in [5.41, 5.74) is 3.05. The largest absolute Gasteiger partial charge is 0.485 e. The topological polar surface area (TPSA) is 91.1 Å². The fourth-order valence-corrected chi connectivity index (χ4v) is 5.29.